The number of amidine groups is 1. The molecule has 6 rings (SSSR count). The van der Waals surface area contributed by atoms with Crippen molar-refractivity contribution in [3.63, 3.8) is 0 Å². The summed E-state index contributed by atoms with van der Waals surface area (Å²) in [5.74, 6) is -2.02. The highest BCUT2D eigenvalue weighted by molar-refractivity contribution is 5.96. The third-order valence-electron chi connectivity index (χ3n) is 6.06. The van der Waals surface area contributed by atoms with Gasteiger partial charge in [0, 0.05) is 46.9 Å². The Morgan fingerprint density at radius 2 is 1.66 bits per heavy atom. The Morgan fingerprint density at radius 3 is 2.45 bits per heavy atom. The largest absolute Gasteiger partial charge is 0.452 e. The van der Waals surface area contributed by atoms with Gasteiger partial charge in [0.1, 0.15) is 23.3 Å². The third-order valence-corrected chi connectivity index (χ3v) is 6.06. The van der Waals surface area contributed by atoms with Gasteiger partial charge in [-0.2, -0.15) is 13.2 Å². The Balaban J connectivity index is 1.56. The molecule has 5 heterocycles. The SMILES string of the molecule is NC(=NC1c2cc(-c3cccnc3F)ccc2Oc2c1cc(-c1ccnc(F)c1)nc2F)c1ccccn1. The van der Waals surface area contributed by atoms with Gasteiger partial charge in [-0.1, -0.05) is 12.1 Å². The number of aliphatic imine (C=N–C) groups is 1. The third kappa shape index (κ3) is 4.21. The quantitative estimate of drug-likeness (QED) is 0.191. The molecule has 0 amide bonds. The summed E-state index contributed by atoms with van der Waals surface area (Å²) in [4.78, 5) is 20.2. The van der Waals surface area contributed by atoms with Gasteiger partial charge in [-0.3, -0.25) is 9.98 Å². The number of rotatable bonds is 4. The fourth-order valence-corrected chi connectivity index (χ4v) is 4.29. The molecule has 38 heavy (non-hydrogen) atoms. The van der Waals surface area contributed by atoms with Gasteiger partial charge < -0.3 is 10.5 Å². The molecular weight excluding hydrogens is 493 g/mol. The zero-order chi connectivity index (χ0) is 26.2. The van der Waals surface area contributed by atoms with Gasteiger partial charge in [0.05, 0.1) is 5.69 Å². The Labute approximate surface area is 214 Å². The average molecular weight is 510 g/mol. The van der Waals surface area contributed by atoms with Crippen LogP contribution in [-0.4, -0.2) is 25.8 Å². The minimum absolute atomic E-state index is 0.0982. The van der Waals surface area contributed by atoms with Gasteiger partial charge in [-0.05, 0) is 54.1 Å². The lowest BCUT2D eigenvalue weighted by Gasteiger charge is -2.27. The molecule has 1 aliphatic rings. The summed E-state index contributed by atoms with van der Waals surface area (Å²) < 4.78 is 49.6. The molecule has 0 radical (unpaired) electrons. The summed E-state index contributed by atoms with van der Waals surface area (Å²) in [6.07, 6.45) is 4.20. The Kier molecular flexibility index (Phi) is 5.76. The maximum Gasteiger partial charge on any atom is 0.256 e. The van der Waals surface area contributed by atoms with Crippen LogP contribution in [0.3, 0.4) is 0 Å². The molecule has 0 saturated heterocycles. The molecule has 5 aromatic rings. The van der Waals surface area contributed by atoms with E-state index in [4.69, 9.17) is 15.5 Å². The van der Waals surface area contributed by atoms with E-state index in [1.54, 1.807) is 60.8 Å². The number of hydrogen-bond acceptors (Lipinski definition) is 6. The number of fused-ring (bicyclic) bond motifs is 2. The standard InChI is InChI=1S/C28H17F3N6O/c29-23-13-16(8-11-34-23)21-14-19-24(37-28(32)20-5-1-2-9-33-20)18-12-15(17-4-3-10-35-26(17)30)6-7-22(18)38-25(19)27(31)36-21/h1-14,24H,(H2,32,37). The Hall–Kier alpha value is -5.12. The molecule has 1 unspecified atom stereocenters. The first kappa shape index (κ1) is 23.3. The van der Waals surface area contributed by atoms with Crippen LogP contribution in [0.15, 0.2) is 90.3 Å². The summed E-state index contributed by atoms with van der Waals surface area (Å²) >= 11 is 0. The topological polar surface area (TPSA) is 99.2 Å². The molecule has 7 nitrogen and oxygen atoms in total. The summed E-state index contributed by atoms with van der Waals surface area (Å²) in [5, 5.41) is 0. The van der Waals surface area contributed by atoms with Crippen molar-refractivity contribution in [2.45, 2.75) is 6.04 Å². The van der Waals surface area contributed by atoms with Crippen molar-refractivity contribution in [2.75, 3.05) is 0 Å². The first-order chi connectivity index (χ1) is 18.5. The van der Waals surface area contributed by atoms with Gasteiger partial charge in [-0.15, -0.1) is 0 Å². The van der Waals surface area contributed by atoms with Crippen LogP contribution in [-0.2, 0) is 0 Å². The van der Waals surface area contributed by atoms with Crippen LogP contribution < -0.4 is 10.5 Å². The highest BCUT2D eigenvalue weighted by Crippen LogP contribution is 2.48. The molecule has 0 saturated carbocycles. The average Bonchev–Trinajstić information content (AvgIpc) is 2.94. The van der Waals surface area contributed by atoms with Crippen LogP contribution >= 0.6 is 0 Å². The van der Waals surface area contributed by atoms with E-state index in [1.807, 2.05) is 0 Å². The van der Waals surface area contributed by atoms with Crippen LogP contribution in [0.4, 0.5) is 13.2 Å². The summed E-state index contributed by atoms with van der Waals surface area (Å²) in [5.41, 5.74) is 8.82. The minimum Gasteiger partial charge on any atom is -0.452 e. The number of hydrogen-bond donors (Lipinski definition) is 1. The van der Waals surface area contributed by atoms with Gasteiger partial charge >= 0.3 is 0 Å². The van der Waals surface area contributed by atoms with E-state index in [2.05, 4.69) is 19.9 Å². The number of aromatic nitrogens is 4. The van der Waals surface area contributed by atoms with Crippen molar-refractivity contribution in [2.24, 2.45) is 10.7 Å². The van der Waals surface area contributed by atoms with Crippen molar-refractivity contribution in [3.05, 3.63) is 120 Å². The van der Waals surface area contributed by atoms with E-state index in [0.717, 1.165) is 6.07 Å². The zero-order valence-electron chi connectivity index (χ0n) is 19.5. The molecular formula is C28H17F3N6O. The van der Waals surface area contributed by atoms with Crippen molar-refractivity contribution < 1.29 is 17.9 Å². The zero-order valence-corrected chi connectivity index (χ0v) is 19.5. The molecule has 2 N–H and O–H groups in total. The predicted octanol–water partition coefficient (Wildman–Crippen LogP) is 5.62. The predicted molar refractivity (Wildman–Crippen MR) is 134 cm³/mol. The lowest BCUT2D eigenvalue weighted by Crippen LogP contribution is -2.19. The lowest BCUT2D eigenvalue weighted by atomic mass is 9.92. The molecule has 1 atom stereocenters. The van der Waals surface area contributed by atoms with Crippen molar-refractivity contribution >= 4 is 5.84 Å². The van der Waals surface area contributed by atoms with Crippen LogP contribution in [0.25, 0.3) is 22.4 Å². The highest BCUT2D eigenvalue weighted by Gasteiger charge is 2.32. The van der Waals surface area contributed by atoms with Gasteiger partial charge in [0.25, 0.3) is 5.95 Å². The molecule has 1 aliphatic heterocycles. The molecule has 0 aliphatic carbocycles. The van der Waals surface area contributed by atoms with Crippen LogP contribution in [0.5, 0.6) is 11.5 Å². The van der Waals surface area contributed by atoms with Crippen molar-refractivity contribution in [1.29, 1.82) is 0 Å². The van der Waals surface area contributed by atoms with E-state index in [-0.39, 0.29) is 22.8 Å². The highest BCUT2D eigenvalue weighted by atomic mass is 19.1. The Morgan fingerprint density at radius 1 is 0.789 bits per heavy atom. The van der Waals surface area contributed by atoms with E-state index >= 15 is 4.39 Å². The number of nitrogens with zero attached hydrogens (tertiary/aromatic N) is 5. The van der Waals surface area contributed by atoms with Crippen LogP contribution in [0.1, 0.15) is 22.9 Å². The van der Waals surface area contributed by atoms with Gasteiger partial charge in [-0.25, -0.2) is 15.0 Å². The van der Waals surface area contributed by atoms with Crippen LogP contribution in [0.2, 0.25) is 0 Å². The molecule has 10 heteroatoms. The summed E-state index contributed by atoms with van der Waals surface area (Å²) in [6.45, 7) is 0. The smallest absolute Gasteiger partial charge is 0.256 e. The first-order valence-electron chi connectivity index (χ1n) is 11.5. The maximum atomic E-state index is 15.3. The van der Waals surface area contributed by atoms with E-state index in [0.29, 0.717) is 33.7 Å². The van der Waals surface area contributed by atoms with E-state index in [9.17, 15) is 8.78 Å². The lowest BCUT2D eigenvalue weighted by molar-refractivity contribution is 0.402. The number of nitrogens with two attached hydrogens (primary N) is 1. The molecule has 0 fully saturated rings. The number of ether oxygens (including phenoxy) is 1. The second-order valence-electron chi connectivity index (χ2n) is 8.41. The number of pyridine rings is 4. The van der Waals surface area contributed by atoms with Gasteiger partial charge in [0.2, 0.25) is 11.9 Å². The molecule has 1 aromatic carbocycles. The minimum atomic E-state index is -0.903. The molecule has 0 spiro atoms. The van der Waals surface area contributed by atoms with Gasteiger partial charge in [0.15, 0.2) is 5.75 Å². The molecule has 186 valence electrons. The van der Waals surface area contributed by atoms with E-state index in [1.165, 1.54) is 18.5 Å². The van der Waals surface area contributed by atoms with E-state index < -0.39 is 23.9 Å². The second-order valence-corrected chi connectivity index (χ2v) is 8.41. The first-order valence-corrected chi connectivity index (χ1v) is 11.5. The molecule has 4 aromatic heterocycles. The Bertz CT molecular complexity index is 1710. The number of benzene rings is 1. The van der Waals surface area contributed by atoms with Crippen molar-refractivity contribution in [1.82, 2.24) is 19.9 Å². The number of halogens is 3. The fraction of sp³-hybridized carbons (Fsp3) is 0.0357. The van der Waals surface area contributed by atoms with Crippen LogP contribution in [0, 0.1) is 17.8 Å². The van der Waals surface area contributed by atoms with Crippen molar-refractivity contribution in [3.8, 4) is 33.9 Å². The monoisotopic (exact) mass is 510 g/mol. The molecule has 0 bridgehead atoms. The second kappa shape index (κ2) is 9.40. The summed E-state index contributed by atoms with van der Waals surface area (Å²) in [6, 6.07) is 16.7. The summed E-state index contributed by atoms with van der Waals surface area (Å²) in [7, 11) is 0. The fourth-order valence-electron chi connectivity index (χ4n) is 4.29. The maximum absolute atomic E-state index is 15.3. The normalized spacial score (nSPS) is 14.4.